The molecule has 0 aromatic heterocycles. The predicted octanol–water partition coefficient (Wildman–Crippen LogP) is 1.54. The molecule has 0 unspecified atom stereocenters. The van der Waals surface area contributed by atoms with Crippen molar-refractivity contribution in [3.8, 4) is 0 Å². The van der Waals surface area contributed by atoms with Crippen molar-refractivity contribution in [2.24, 2.45) is 4.99 Å². The molecule has 1 saturated heterocycles. The third-order valence-corrected chi connectivity index (χ3v) is 2.90. The molecular weight excluding hydrogens is 186 g/mol. The van der Waals surface area contributed by atoms with Crippen LogP contribution in [-0.2, 0) is 0 Å². The number of hydrogen-bond donors (Lipinski definition) is 1. The molecule has 0 spiro atoms. The molecule has 0 amide bonds. The van der Waals surface area contributed by atoms with Crippen molar-refractivity contribution in [2.75, 3.05) is 26.2 Å². The molecule has 82 valence electrons. The number of piperazine rings is 1. The molecule has 1 N–H and O–H groups in total. The average molecular weight is 205 g/mol. The van der Waals surface area contributed by atoms with Crippen LogP contribution in [-0.4, -0.2) is 36.9 Å². The summed E-state index contributed by atoms with van der Waals surface area (Å²) in [5, 5.41) is 3.36. The van der Waals surface area contributed by atoms with Gasteiger partial charge >= 0.3 is 0 Å². The van der Waals surface area contributed by atoms with E-state index in [1.165, 1.54) is 11.4 Å². The van der Waals surface area contributed by atoms with Crippen molar-refractivity contribution in [2.45, 2.75) is 19.8 Å². The van der Waals surface area contributed by atoms with E-state index in [9.17, 15) is 0 Å². The zero-order valence-corrected chi connectivity index (χ0v) is 9.37. The van der Waals surface area contributed by atoms with E-state index in [1.54, 1.807) is 0 Å². The van der Waals surface area contributed by atoms with Gasteiger partial charge in [-0.1, -0.05) is 19.1 Å². The molecule has 0 aliphatic carbocycles. The van der Waals surface area contributed by atoms with Crippen molar-refractivity contribution in [1.29, 1.82) is 0 Å². The fourth-order valence-electron chi connectivity index (χ4n) is 1.91. The van der Waals surface area contributed by atoms with Gasteiger partial charge in [0.25, 0.3) is 0 Å². The third kappa shape index (κ3) is 2.69. The first-order chi connectivity index (χ1) is 7.40. The summed E-state index contributed by atoms with van der Waals surface area (Å²) in [6.07, 6.45) is 8.47. The summed E-state index contributed by atoms with van der Waals surface area (Å²) >= 11 is 0. The summed E-state index contributed by atoms with van der Waals surface area (Å²) in [6, 6.07) is 0. The van der Waals surface area contributed by atoms with Crippen LogP contribution in [0.5, 0.6) is 0 Å². The molecular formula is C12H19N3. The smallest absolute Gasteiger partial charge is 0.108 e. The Bertz CT molecular complexity index is 296. The molecule has 2 aliphatic heterocycles. The normalized spacial score (nSPS) is 22.1. The van der Waals surface area contributed by atoms with E-state index in [-0.39, 0.29) is 0 Å². The summed E-state index contributed by atoms with van der Waals surface area (Å²) in [5.41, 5.74) is 1.32. The zero-order chi connectivity index (χ0) is 10.5. The van der Waals surface area contributed by atoms with Gasteiger partial charge in [0.15, 0.2) is 0 Å². The lowest BCUT2D eigenvalue weighted by Gasteiger charge is -2.29. The van der Waals surface area contributed by atoms with Crippen LogP contribution in [0.15, 0.2) is 28.9 Å². The molecule has 0 aromatic rings. The Labute approximate surface area is 91.6 Å². The second-order valence-corrected chi connectivity index (χ2v) is 3.95. The Hall–Kier alpha value is -1.09. The van der Waals surface area contributed by atoms with Gasteiger partial charge in [0, 0.05) is 38.8 Å². The van der Waals surface area contributed by atoms with Gasteiger partial charge in [-0.15, -0.1) is 0 Å². The number of aliphatic imine (C=N–C) groups is 1. The Morgan fingerprint density at radius 2 is 2.20 bits per heavy atom. The highest BCUT2D eigenvalue weighted by Gasteiger charge is 2.13. The van der Waals surface area contributed by atoms with E-state index < -0.39 is 0 Å². The average Bonchev–Trinajstić information content (AvgIpc) is 2.55. The Morgan fingerprint density at radius 1 is 1.40 bits per heavy atom. The topological polar surface area (TPSA) is 27.6 Å². The summed E-state index contributed by atoms with van der Waals surface area (Å²) in [6.45, 7) is 6.49. The van der Waals surface area contributed by atoms with Crippen molar-refractivity contribution >= 4 is 5.84 Å². The number of nitrogens with zero attached hydrogens (tertiary/aromatic N) is 2. The zero-order valence-electron chi connectivity index (χ0n) is 9.37. The second kappa shape index (κ2) is 5.12. The molecule has 15 heavy (non-hydrogen) atoms. The molecule has 0 aromatic carbocycles. The Morgan fingerprint density at radius 3 is 2.93 bits per heavy atom. The maximum atomic E-state index is 4.59. The summed E-state index contributed by atoms with van der Waals surface area (Å²) in [4.78, 5) is 6.97. The van der Waals surface area contributed by atoms with E-state index in [1.807, 2.05) is 6.20 Å². The molecule has 2 aliphatic rings. The van der Waals surface area contributed by atoms with Crippen LogP contribution in [0, 0.1) is 0 Å². The lowest BCUT2D eigenvalue weighted by molar-refractivity contribution is 0.353. The SMILES string of the molecule is CCC1=CN=C(N2CCNCC2)CC=C1. The van der Waals surface area contributed by atoms with E-state index >= 15 is 0 Å². The molecule has 0 bridgehead atoms. The van der Waals surface area contributed by atoms with Gasteiger partial charge in [-0.2, -0.15) is 0 Å². The number of rotatable bonds is 1. The molecule has 2 rings (SSSR count). The predicted molar refractivity (Wildman–Crippen MR) is 64.0 cm³/mol. The molecule has 0 radical (unpaired) electrons. The first kappa shape index (κ1) is 10.4. The van der Waals surface area contributed by atoms with Gasteiger partial charge in [-0.05, 0) is 12.0 Å². The maximum Gasteiger partial charge on any atom is 0.108 e. The van der Waals surface area contributed by atoms with Gasteiger partial charge in [0.1, 0.15) is 5.84 Å². The van der Waals surface area contributed by atoms with Gasteiger partial charge in [0.2, 0.25) is 0 Å². The first-order valence-electron chi connectivity index (χ1n) is 5.78. The van der Waals surface area contributed by atoms with Crippen LogP contribution in [0.2, 0.25) is 0 Å². The van der Waals surface area contributed by atoms with Crippen molar-refractivity contribution in [3.63, 3.8) is 0 Å². The lowest BCUT2D eigenvalue weighted by Crippen LogP contribution is -2.46. The minimum Gasteiger partial charge on any atom is -0.357 e. The number of hydrogen-bond acceptors (Lipinski definition) is 3. The van der Waals surface area contributed by atoms with E-state index in [0.29, 0.717) is 0 Å². The minimum absolute atomic E-state index is 0.972. The first-order valence-corrected chi connectivity index (χ1v) is 5.78. The van der Waals surface area contributed by atoms with Crippen LogP contribution in [0.4, 0.5) is 0 Å². The van der Waals surface area contributed by atoms with Gasteiger partial charge < -0.3 is 10.2 Å². The van der Waals surface area contributed by atoms with Crippen LogP contribution in [0.1, 0.15) is 19.8 Å². The summed E-state index contributed by atoms with van der Waals surface area (Å²) in [5.74, 6) is 1.22. The molecule has 3 heteroatoms. The summed E-state index contributed by atoms with van der Waals surface area (Å²) < 4.78 is 0. The monoisotopic (exact) mass is 205 g/mol. The van der Waals surface area contributed by atoms with Gasteiger partial charge in [-0.3, -0.25) is 0 Å². The highest BCUT2D eigenvalue weighted by molar-refractivity contribution is 5.84. The quantitative estimate of drug-likeness (QED) is 0.703. The van der Waals surface area contributed by atoms with Gasteiger partial charge in [0.05, 0.1) is 0 Å². The lowest BCUT2D eigenvalue weighted by atomic mass is 10.2. The fraction of sp³-hybridized carbons (Fsp3) is 0.583. The highest BCUT2D eigenvalue weighted by Crippen LogP contribution is 2.10. The minimum atomic E-state index is 0.972. The Kier molecular flexibility index (Phi) is 3.56. The van der Waals surface area contributed by atoms with Crippen LogP contribution < -0.4 is 5.32 Å². The number of amidine groups is 1. The highest BCUT2D eigenvalue weighted by atomic mass is 15.2. The molecule has 2 heterocycles. The van der Waals surface area contributed by atoms with Crippen molar-refractivity contribution < 1.29 is 0 Å². The van der Waals surface area contributed by atoms with Crippen molar-refractivity contribution in [3.05, 3.63) is 23.9 Å². The standard InChI is InChI=1S/C12H19N3/c1-2-11-4-3-5-12(14-10-11)15-8-6-13-7-9-15/h3-4,10,13H,2,5-9H2,1H3. The van der Waals surface area contributed by atoms with Crippen molar-refractivity contribution in [1.82, 2.24) is 10.2 Å². The molecule has 0 saturated carbocycles. The molecule has 0 atom stereocenters. The number of allylic oxidation sites excluding steroid dienone is 2. The summed E-state index contributed by atoms with van der Waals surface area (Å²) in [7, 11) is 0. The third-order valence-electron chi connectivity index (χ3n) is 2.90. The largest absolute Gasteiger partial charge is 0.357 e. The van der Waals surface area contributed by atoms with Crippen LogP contribution in [0.25, 0.3) is 0 Å². The van der Waals surface area contributed by atoms with E-state index in [0.717, 1.165) is 39.0 Å². The molecule has 3 nitrogen and oxygen atoms in total. The van der Waals surface area contributed by atoms with Crippen LogP contribution >= 0.6 is 0 Å². The molecule has 1 fully saturated rings. The fourth-order valence-corrected chi connectivity index (χ4v) is 1.91. The van der Waals surface area contributed by atoms with E-state index in [4.69, 9.17) is 0 Å². The van der Waals surface area contributed by atoms with Gasteiger partial charge in [-0.25, -0.2) is 4.99 Å². The van der Waals surface area contributed by atoms with Crippen LogP contribution in [0.3, 0.4) is 0 Å². The maximum absolute atomic E-state index is 4.59. The number of nitrogens with one attached hydrogen (secondary N) is 1. The Balaban J connectivity index is 2.05. The second-order valence-electron chi connectivity index (χ2n) is 3.95. The van der Waals surface area contributed by atoms with E-state index in [2.05, 4.69) is 34.3 Å².